The van der Waals surface area contributed by atoms with E-state index in [9.17, 15) is 8.42 Å². The van der Waals surface area contributed by atoms with E-state index >= 15 is 0 Å². The van der Waals surface area contributed by atoms with E-state index < -0.39 is 9.84 Å². The molecule has 2 unspecified atom stereocenters. The number of hydrogen-bond acceptors (Lipinski definition) is 4. The molecule has 1 heterocycles. The predicted molar refractivity (Wildman–Crippen MR) is 41.5 cm³/mol. The predicted octanol–water partition coefficient (Wildman–Crippen LogP) is -0.300. The van der Waals surface area contributed by atoms with Crippen molar-refractivity contribution in [3.05, 3.63) is 0 Å². The van der Waals surface area contributed by atoms with E-state index in [1.54, 1.807) is 6.92 Å². The van der Waals surface area contributed by atoms with Crippen LogP contribution >= 0.6 is 0 Å². The third-order valence-corrected chi connectivity index (χ3v) is 3.94. The molecule has 0 amide bonds. The Bertz CT molecular complexity index is 224. The van der Waals surface area contributed by atoms with E-state index in [2.05, 4.69) is 4.84 Å². The van der Waals surface area contributed by atoms with Gasteiger partial charge in [-0.2, -0.15) is 0 Å². The van der Waals surface area contributed by atoms with Crippen molar-refractivity contribution < 1.29 is 13.3 Å². The largest absolute Gasteiger partial charge is 0.301 e. The summed E-state index contributed by atoms with van der Waals surface area (Å²) in [6.07, 6.45) is 0.535. The van der Waals surface area contributed by atoms with Gasteiger partial charge in [-0.15, -0.1) is 0 Å². The number of hydrogen-bond donors (Lipinski definition) is 1. The lowest BCUT2D eigenvalue weighted by atomic mass is 10.0. The van der Waals surface area contributed by atoms with E-state index in [-0.39, 0.29) is 23.5 Å². The van der Waals surface area contributed by atoms with Crippen molar-refractivity contribution in [1.29, 1.82) is 0 Å². The van der Waals surface area contributed by atoms with Gasteiger partial charge in [-0.25, -0.2) is 14.3 Å². The van der Waals surface area contributed by atoms with Gasteiger partial charge in [-0.1, -0.05) is 0 Å². The molecule has 11 heavy (non-hydrogen) atoms. The van der Waals surface area contributed by atoms with Gasteiger partial charge in [0.2, 0.25) is 0 Å². The van der Waals surface area contributed by atoms with E-state index in [0.717, 1.165) is 0 Å². The minimum absolute atomic E-state index is 0.0880. The van der Waals surface area contributed by atoms with Crippen molar-refractivity contribution in [3.63, 3.8) is 0 Å². The van der Waals surface area contributed by atoms with E-state index in [4.69, 9.17) is 5.90 Å². The average molecular weight is 179 g/mol. The molecule has 0 aliphatic carbocycles. The summed E-state index contributed by atoms with van der Waals surface area (Å²) in [5.74, 6) is 5.54. The molecule has 1 aliphatic heterocycles. The summed E-state index contributed by atoms with van der Waals surface area (Å²) in [6.45, 7) is 1.80. The number of nitrogens with two attached hydrogens (primary N) is 1. The van der Waals surface area contributed by atoms with Gasteiger partial charge in [0.05, 0.1) is 17.6 Å². The summed E-state index contributed by atoms with van der Waals surface area (Å²) in [7, 11) is -2.79. The minimum atomic E-state index is -2.79. The SMILES string of the molecule is CC(ON)C1CCS(=O)(=O)C1. The lowest BCUT2D eigenvalue weighted by Gasteiger charge is -2.13. The Labute approximate surface area is 66.6 Å². The van der Waals surface area contributed by atoms with Crippen LogP contribution < -0.4 is 5.90 Å². The average Bonchev–Trinajstić information content (AvgIpc) is 2.29. The second kappa shape index (κ2) is 3.08. The van der Waals surface area contributed by atoms with Crippen LogP contribution in [-0.2, 0) is 14.7 Å². The normalized spacial score (nSPS) is 32.0. The summed E-state index contributed by atoms with van der Waals surface area (Å²) < 4.78 is 21.9. The summed E-state index contributed by atoms with van der Waals surface area (Å²) in [5, 5.41) is 0. The van der Waals surface area contributed by atoms with Crippen LogP contribution in [0.15, 0.2) is 0 Å². The monoisotopic (exact) mass is 179 g/mol. The molecule has 0 aromatic carbocycles. The zero-order valence-electron chi connectivity index (χ0n) is 6.49. The molecular formula is C6H13NO3S. The highest BCUT2D eigenvalue weighted by Crippen LogP contribution is 2.22. The van der Waals surface area contributed by atoms with Gasteiger partial charge in [-0.3, -0.25) is 0 Å². The molecule has 66 valence electrons. The van der Waals surface area contributed by atoms with Gasteiger partial charge >= 0.3 is 0 Å². The van der Waals surface area contributed by atoms with Crippen molar-refractivity contribution in [2.45, 2.75) is 19.4 Å². The van der Waals surface area contributed by atoms with Crippen LogP contribution in [0.3, 0.4) is 0 Å². The van der Waals surface area contributed by atoms with Gasteiger partial charge in [0.25, 0.3) is 0 Å². The number of sulfone groups is 1. The highest BCUT2D eigenvalue weighted by molar-refractivity contribution is 7.91. The standard InChI is InChI=1S/C6H13NO3S/c1-5(10-7)6-2-3-11(8,9)4-6/h5-6H,2-4,7H2,1H3. The first-order chi connectivity index (χ1) is 5.05. The molecule has 0 saturated carbocycles. The first-order valence-corrected chi connectivity index (χ1v) is 5.43. The molecule has 1 aliphatic rings. The molecule has 5 heteroatoms. The van der Waals surface area contributed by atoms with Gasteiger partial charge in [0.1, 0.15) is 0 Å². The fourth-order valence-electron chi connectivity index (χ4n) is 1.31. The molecule has 0 aromatic heterocycles. The van der Waals surface area contributed by atoms with Gasteiger partial charge in [0, 0.05) is 5.92 Å². The Kier molecular flexibility index (Phi) is 2.51. The summed E-state index contributed by atoms with van der Waals surface area (Å²) in [4.78, 5) is 4.56. The highest BCUT2D eigenvalue weighted by atomic mass is 32.2. The molecule has 1 rings (SSSR count). The maximum absolute atomic E-state index is 11.0. The first kappa shape index (κ1) is 8.96. The van der Waals surface area contributed by atoms with E-state index in [1.165, 1.54) is 0 Å². The zero-order valence-corrected chi connectivity index (χ0v) is 7.30. The maximum atomic E-state index is 11.0. The van der Waals surface area contributed by atoms with Crippen molar-refractivity contribution >= 4 is 9.84 Å². The Morgan fingerprint density at radius 1 is 1.64 bits per heavy atom. The fourth-order valence-corrected chi connectivity index (χ4v) is 3.22. The quantitative estimate of drug-likeness (QED) is 0.591. The van der Waals surface area contributed by atoms with Crippen molar-refractivity contribution in [2.75, 3.05) is 11.5 Å². The van der Waals surface area contributed by atoms with Crippen molar-refractivity contribution in [3.8, 4) is 0 Å². The van der Waals surface area contributed by atoms with Crippen LogP contribution in [0.5, 0.6) is 0 Å². The molecule has 0 spiro atoms. The van der Waals surface area contributed by atoms with Gasteiger partial charge in [0.15, 0.2) is 9.84 Å². The number of rotatable bonds is 2. The summed E-state index contributed by atoms with van der Waals surface area (Å²) >= 11 is 0. The Hall–Kier alpha value is -0.130. The molecule has 1 fully saturated rings. The third-order valence-electron chi connectivity index (χ3n) is 2.15. The molecular weight excluding hydrogens is 166 g/mol. The second-order valence-corrected chi connectivity index (χ2v) is 5.23. The van der Waals surface area contributed by atoms with Crippen LogP contribution in [0.4, 0.5) is 0 Å². The van der Waals surface area contributed by atoms with E-state index in [1.807, 2.05) is 0 Å². The zero-order chi connectivity index (χ0) is 8.48. The Morgan fingerprint density at radius 3 is 2.64 bits per heavy atom. The van der Waals surface area contributed by atoms with Crippen LogP contribution in [0, 0.1) is 5.92 Å². The highest BCUT2D eigenvalue weighted by Gasteiger charge is 2.31. The second-order valence-electron chi connectivity index (χ2n) is 3.00. The lowest BCUT2D eigenvalue weighted by Crippen LogP contribution is -2.24. The first-order valence-electron chi connectivity index (χ1n) is 3.61. The topological polar surface area (TPSA) is 69.4 Å². The smallest absolute Gasteiger partial charge is 0.150 e. The molecule has 4 nitrogen and oxygen atoms in total. The summed E-state index contributed by atoms with van der Waals surface area (Å²) in [5.41, 5.74) is 0. The molecule has 0 radical (unpaired) electrons. The molecule has 2 N–H and O–H groups in total. The Morgan fingerprint density at radius 2 is 2.27 bits per heavy atom. The maximum Gasteiger partial charge on any atom is 0.150 e. The van der Waals surface area contributed by atoms with Crippen LogP contribution in [0.1, 0.15) is 13.3 Å². The van der Waals surface area contributed by atoms with E-state index in [0.29, 0.717) is 6.42 Å². The third kappa shape index (κ3) is 2.15. The summed E-state index contributed by atoms with van der Waals surface area (Å²) in [6, 6.07) is 0. The Balaban J connectivity index is 2.55. The van der Waals surface area contributed by atoms with Crippen LogP contribution in [0.25, 0.3) is 0 Å². The molecule has 1 saturated heterocycles. The molecule has 0 aromatic rings. The van der Waals surface area contributed by atoms with Gasteiger partial charge < -0.3 is 4.84 Å². The molecule has 0 bridgehead atoms. The minimum Gasteiger partial charge on any atom is -0.301 e. The van der Waals surface area contributed by atoms with Gasteiger partial charge in [-0.05, 0) is 13.3 Å². The lowest BCUT2D eigenvalue weighted by molar-refractivity contribution is 0.0319. The fraction of sp³-hybridized carbons (Fsp3) is 1.00. The van der Waals surface area contributed by atoms with Crippen LogP contribution in [-0.4, -0.2) is 26.0 Å². The van der Waals surface area contributed by atoms with Crippen molar-refractivity contribution in [1.82, 2.24) is 0 Å². The molecule has 2 atom stereocenters. The van der Waals surface area contributed by atoms with Crippen molar-refractivity contribution in [2.24, 2.45) is 11.8 Å². The van der Waals surface area contributed by atoms with Crippen LogP contribution in [0.2, 0.25) is 0 Å².